The molecule has 0 saturated carbocycles. The van der Waals surface area contributed by atoms with Crippen LogP contribution in [0.2, 0.25) is 0 Å². The van der Waals surface area contributed by atoms with Gasteiger partial charge in [0.25, 0.3) is 5.91 Å². The molecule has 0 radical (unpaired) electrons. The second-order valence-corrected chi connectivity index (χ2v) is 11.6. The maximum Gasteiger partial charge on any atom is 0.251 e. The summed E-state index contributed by atoms with van der Waals surface area (Å²) in [5, 5.41) is 6.59. The van der Waals surface area contributed by atoms with Crippen molar-refractivity contribution in [1.29, 1.82) is 0 Å². The Morgan fingerprint density at radius 3 is 2.34 bits per heavy atom. The van der Waals surface area contributed by atoms with Gasteiger partial charge in [-0.25, -0.2) is 13.4 Å². The van der Waals surface area contributed by atoms with Crippen molar-refractivity contribution in [3.63, 3.8) is 0 Å². The van der Waals surface area contributed by atoms with E-state index in [1.54, 1.807) is 30.3 Å². The minimum absolute atomic E-state index is 0.201. The summed E-state index contributed by atoms with van der Waals surface area (Å²) in [7, 11) is -3.40. The lowest BCUT2D eigenvalue weighted by Crippen LogP contribution is -2.24. The van der Waals surface area contributed by atoms with Crippen molar-refractivity contribution >= 4 is 54.3 Å². The van der Waals surface area contributed by atoms with Crippen LogP contribution in [0.25, 0.3) is 43.8 Å². The molecule has 0 aliphatic carbocycles. The van der Waals surface area contributed by atoms with E-state index >= 15 is 0 Å². The van der Waals surface area contributed by atoms with Gasteiger partial charge in [-0.2, -0.15) is 0 Å². The second-order valence-electron chi connectivity index (χ2n) is 9.66. The average Bonchev–Trinajstić information content (AvgIpc) is 3.44. The van der Waals surface area contributed by atoms with Gasteiger partial charge in [0.1, 0.15) is 17.0 Å². The van der Waals surface area contributed by atoms with E-state index in [0.717, 1.165) is 49.5 Å². The predicted octanol–water partition coefficient (Wildman–Crippen LogP) is 5.77. The smallest absolute Gasteiger partial charge is 0.251 e. The number of nitrogens with zero attached hydrogens (tertiary/aromatic N) is 1. The Morgan fingerprint density at radius 1 is 0.921 bits per heavy atom. The third-order valence-corrected chi connectivity index (χ3v) is 8.24. The van der Waals surface area contributed by atoms with Crippen molar-refractivity contribution in [1.82, 2.24) is 10.3 Å². The number of amides is 1. The van der Waals surface area contributed by atoms with Crippen LogP contribution in [0.5, 0.6) is 0 Å². The molecule has 3 N–H and O–H groups in total. The zero-order chi connectivity index (χ0) is 26.8. The maximum atomic E-state index is 13.1. The number of carbonyl (C=O) groups is 1. The Hall–Kier alpha value is -4.43. The van der Waals surface area contributed by atoms with E-state index in [9.17, 15) is 13.2 Å². The van der Waals surface area contributed by atoms with Crippen molar-refractivity contribution in [3.05, 3.63) is 89.1 Å². The Morgan fingerprint density at radius 2 is 1.61 bits per heavy atom. The first kappa shape index (κ1) is 23.9. The average molecular weight is 524 g/mol. The molecule has 190 valence electrons. The molecule has 7 nitrogen and oxygen atoms in total. The molecular formula is C30H25N3O4S. The quantitative estimate of drug-likeness (QED) is 0.277. The number of nitrogens with two attached hydrogens (primary N) is 1. The number of rotatable bonds is 5. The van der Waals surface area contributed by atoms with Crippen molar-refractivity contribution in [2.24, 2.45) is 0 Å². The summed E-state index contributed by atoms with van der Waals surface area (Å²) >= 11 is 0. The molecule has 3 heterocycles. The molecule has 3 aromatic heterocycles. The summed E-state index contributed by atoms with van der Waals surface area (Å²) in [6.07, 6.45) is 1.21. The van der Waals surface area contributed by atoms with Gasteiger partial charge in [-0.05, 0) is 73.0 Å². The molecule has 6 aromatic rings. The molecule has 38 heavy (non-hydrogen) atoms. The highest BCUT2D eigenvalue weighted by Gasteiger charge is 2.21. The number of hydrogen-bond acceptors (Lipinski definition) is 6. The van der Waals surface area contributed by atoms with Gasteiger partial charge in [-0.1, -0.05) is 24.3 Å². The number of hydrogen-bond donors (Lipinski definition) is 2. The summed E-state index contributed by atoms with van der Waals surface area (Å²) in [5.74, 6) is 0.259. The molecule has 8 heteroatoms. The van der Waals surface area contributed by atoms with Crippen molar-refractivity contribution in [3.8, 4) is 11.1 Å². The molecule has 2 bridgehead atoms. The third kappa shape index (κ3) is 3.85. The number of nitrogen functional groups attached to an aromatic ring is 1. The summed E-state index contributed by atoms with van der Waals surface area (Å²) in [5.41, 5.74) is 11.9. The van der Waals surface area contributed by atoms with Crippen LogP contribution in [-0.4, -0.2) is 25.6 Å². The molecule has 1 amide bonds. The van der Waals surface area contributed by atoms with Crippen LogP contribution < -0.4 is 11.1 Å². The summed E-state index contributed by atoms with van der Waals surface area (Å²) in [6, 6.07) is 20.1. The van der Waals surface area contributed by atoms with Crippen LogP contribution in [0.3, 0.4) is 0 Å². The monoisotopic (exact) mass is 523 g/mol. The fourth-order valence-electron chi connectivity index (χ4n) is 5.24. The van der Waals surface area contributed by atoms with Gasteiger partial charge >= 0.3 is 0 Å². The van der Waals surface area contributed by atoms with Crippen molar-refractivity contribution < 1.29 is 17.6 Å². The van der Waals surface area contributed by atoms with Crippen molar-refractivity contribution in [2.45, 2.75) is 25.3 Å². The molecule has 0 atom stereocenters. The minimum atomic E-state index is -3.40. The first-order valence-electron chi connectivity index (χ1n) is 12.1. The van der Waals surface area contributed by atoms with Crippen LogP contribution in [-0.2, 0) is 16.4 Å². The molecule has 0 fully saturated rings. The van der Waals surface area contributed by atoms with Gasteiger partial charge < -0.3 is 15.5 Å². The summed E-state index contributed by atoms with van der Waals surface area (Å²) in [4.78, 5) is 17.6. The number of nitrogens with one attached hydrogen (secondary N) is 1. The predicted molar refractivity (Wildman–Crippen MR) is 150 cm³/mol. The highest BCUT2D eigenvalue weighted by atomic mass is 32.2. The Labute approximate surface area is 219 Å². The third-order valence-electron chi connectivity index (χ3n) is 7.08. The van der Waals surface area contributed by atoms with Crippen LogP contribution in [0, 0.1) is 13.8 Å². The largest absolute Gasteiger partial charge is 0.455 e. The minimum Gasteiger partial charge on any atom is -0.455 e. The fraction of sp³-hybridized carbons (Fsp3) is 0.133. The topological polar surface area (TPSA) is 115 Å². The number of benzene rings is 4. The second kappa shape index (κ2) is 8.56. The number of carbonyl (C=O) groups excluding carboxylic acids is 1. The van der Waals surface area contributed by atoms with E-state index < -0.39 is 9.84 Å². The Kier molecular flexibility index (Phi) is 5.39. The lowest BCUT2D eigenvalue weighted by molar-refractivity contribution is 0.0951. The number of fused-ring (bicyclic) bond motifs is 8. The zero-order valence-corrected chi connectivity index (χ0v) is 21.9. The van der Waals surface area contributed by atoms with E-state index in [2.05, 4.69) is 10.3 Å². The SMILES string of the molecule is Cc1cc(N)nc(C)c1CNC(=O)c1ccc2c(c1)c1oc2c2ccc(-c3ccccc3S(C)(=O)=O)cc21. The Balaban J connectivity index is 1.38. The molecule has 6 rings (SSSR count). The highest BCUT2D eigenvalue weighted by Crippen LogP contribution is 2.42. The molecule has 0 aliphatic rings. The van der Waals surface area contributed by atoms with Crippen LogP contribution >= 0.6 is 0 Å². The number of anilines is 1. The van der Waals surface area contributed by atoms with E-state index in [1.807, 2.05) is 50.2 Å². The molecule has 0 aliphatic heterocycles. The van der Waals surface area contributed by atoms with Crippen LogP contribution in [0.1, 0.15) is 27.2 Å². The fourth-order valence-corrected chi connectivity index (χ4v) is 6.15. The van der Waals surface area contributed by atoms with E-state index in [4.69, 9.17) is 10.2 Å². The van der Waals surface area contributed by atoms with E-state index in [1.165, 1.54) is 6.26 Å². The number of furan rings is 2. The van der Waals surface area contributed by atoms with Gasteiger partial charge in [-0.15, -0.1) is 0 Å². The highest BCUT2D eigenvalue weighted by molar-refractivity contribution is 7.90. The molecule has 0 unspecified atom stereocenters. The first-order chi connectivity index (χ1) is 18.1. The number of aromatic nitrogens is 1. The maximum absolute atomic E-state index is 13.1. The lowest BCUT2D eigenvalue weighted by atomic mass is 9.97. The summed E-state index contributed by atoms with van der Waals surface area (Å²) < 4.78 is 30.9. The van der Waals surface area contributed by atoms with Crippen LogP contribution in [0.15, 0.2) is 76.0 Å². The van der Waals surface area contributed by atoms with E-state index in [-0.39, 0.29) is 10.8 Å². The van der Waals surface area contributed by atoms with Crippen LogP contribution in [0.4, 0.5) is 5.82 Å². The molecule has 3 aromatic carbocycles. The first-order valence-corrected chi connectivity index (χ1v) is 14.0. The molecule has 0 spiro atoms. The van der Waals surface area contributed by atoms with Gasteiger partial charge in [-0.3, -0.25) is 4.79 Å². The van der Waals surface area contributed by atoms with Gasteiger partial charge in [0.2, 0.25) is 0 Å². The van der Waals surface area contributed by atoms with E-state index in [0.29, 0.717) is 29.1 Å². The lowest BCUT2D eigenvalue weighted by Gasteiger charge is -2.12. The van der Waals surface area contributed by atoms with Crippen molar-refractivity contribution in [2.75, 3.05) is 12.0 Å². The summed E-state index contributed by atoms with van der Waals surface area (Å²) in [6.45, 7) is 4.17. The molecular weight excluding hydrogens is 498 g/mol. The number of pyridine rings is 1. The van der Waals surface area contributed by atoms with Gasteiger partial charge in [0.15, 0.2) is 9.84 Å². The zero-order valence-electron chi connectivity index (χ0n) is 21.1. The normalized spacial score (nSPS) is 12.1. The standard InChI is InChI=1S/C30H25N3O4S/c1-16-12-27(31)33-17(2)25(16)15-32-30(34)19-9-11-22-24(14-19)29-23-13-18(8-10-21(23)28(22)37-29)20-6-4-5-7-26(20)38(3,35)36/h4-14H,15H2,1-3H3,(H2,31,33)(H,32,34). The van der Waals surface area contributed by atoms with Gasteiger partial charge in [0.05, 0.1) is 4.90 Å². The Bertz CT molecular complexity index is 1980. The number of sulfone groups is 1. The molecule has 0 saturated heterocycles. The number of aryl methyl sites for hydroxylation is 2. The van der Waals surface area contributed by atoms with Gasteiger partial charge in [0, 0.05) is 51.2 Å².